The van der Waals surface area contributed by atoms with E-state index in [0.29, 0.717) is 12.5 Å². The second-order valence-electron chi connectivity index (χ2n) is 8.25. The van der Waals surface area contributed by atoms with Crippen molar-refractivity contribution < 1.29 is 9.53 Å². The lowest BCUT2D eigenvalue weighted by Crippen LogP contribution is -2.59. The molecule has 0 unspecified atom stereocenters. The van der Waals surface area contributed by atoms with E-state index in [-0.39, 0.29) is 16.8 Å². The predicted octanol–water partition coefficient (Wildman–Crippen LogP) is 4.12. The Morgan fingerprint density at radius 1 is 1.33 bits per heavy atom. The summed E-state index contributed by atoms with van der Waals surface area (Å²) in [6.07, 6.45) is 2.23. The first-order valence-corrected chi connectivity index (χ1v) is 7.96. The molecule has 2 aliphatic rings. The zero-order valence-corrected chi connectivity index (χ0v) is 13.8. The number of benzene rings is 1. The third-order valence-electron chi connectivity index (χ3n) is 5.95. The molecule has 0 heterocycles. The van der Waals surface area contributed by atoms with E-state index in [1.807, 2.05) is 20.8 Å². The van der Waals surface area contributed by atoms with E-state index < -0.39 is 5.41 Å². The van der Waals surface area contributed by atoms with Crippen molar-refractivity contribution in [3.05, 3.63) is 35.4 Å². The second kappa shape index (κ2) is 4.34. The third-order valence-corrected chi connectivity index (χ3v) is 5.95. The fraction of sp³-hybridized carbons (Fsp3) is 0.632. The molecule has 1 aromatic carbocycles. The highest BCUT2D eigenvalue weighted by atomic mass is 16.5. The smallest absolute Gasteiger partial charge is 0.311 e. The van der Waals surface area contributed by atoms with Crippen molar-refractivity contribution in [2.24, 2.45) is 16.7 Å². The topological polar surface area (TPSA) is 26.3 Å². The quantitative estimate of drug-likeness (QED) is 0.765. The SMILES string of the molecule is C[C@@H]1C[C@]2(C)c3ccccc3C[C@]12COC(=O)C(C)(C)C. The van der Waals surface area contributed by atoms with Gasteiger partial charge in [0.1, 0.15) is 0 Å². The third kappa shape index (κ3) is 1.88. The minimum Gasteiger partial charge on any atom is -0.465 e. The van der Waals surface area contributed by atoms with E-state index >= 15 is 0 Å². The van der Waals surface area contributed by atoms with Gasteiger partial charge in [0.2, 0.25) is 0 Å². The van der Waals surface area contributed by atoms with Crippen molar-refractivity contribution in [3.63, 3.8) is 0 Å². The highest BCUT2D eigenvalue weighted by Crippen LogP contribution is 2.67. The number of carbonyl (C=O) groups is 1. The number of hydrogen-bond donors (Lipinski definition) is 0. The van der Waals surface area contributed by atoms with Crippen molar-refractivity contribution in [2.75, 3.05) is 6.61 Å². The van der Waals surface area contributed by atoms with Gasteiger partial charge in [-0.2, -0.15) is 0 Å². The number of esters is 1. The van der Waals surface area contributed by atoms with Crippen molar-refractivity contribution in [2.45, 2.75) is 52.9 Å². The molecule has 0 saturated heterocycles. The number of fused-ring (bicyclic) bond motifs is 3. The lowest BCUT2D eigenvalue weighted by Gasteiger charge is -2.59. The monoisotopic (exact) mass is 286 g/mol. The Balaban J connectivity index is 1.86. The summed E-state index contributed by atoms with van der Waals surface area (Å²) in [5.74, 6) is 0.511. The summed E-state index contributed by atoms with van der Waals surface area (Å²) < 4.78 is 5.74. The van der Waals surface area contributed by atoms with Crippen LogP contribution in [0.25, 0.3) is 0 Å². The average molecular weight is 286 g/mol. The maximum absolute atomic E-state index is 12.2. The van der Waals surface area contributed by atoms with Crippen LogP contribution in [-0.2, 0) is 21.4 Å². The zero-order chi connectivity index (χ0) is 15.5. The van der Waals surface area contributed by atoms with Crippen LogP contribution in [0, 0.1) is 16.7 Å². The molecule has 3 atom stereocenters. The van der Waals surface area contributed by atoms with Gasteiger partial charge < -0.3 is 4.74 Å². The Morgan fingerprint density at radius 2 is 2.00 bits per heavy atom. The summed E-state index contributed by atoms with van der Waals surface area (Å²) in [7, 11) is 0. The highest BCUT2D eigenvalue weighted by molar-refractivity contribution is 5.75. The molecule has 0 aliphatic heterocycles. The molecule has 1 aromatic rings. The number of hydrogen-bond acceptors (Lipinski definition) is 2. The number of ether oxygens (including phenoxy) is 1. The standard InChI is InChI=1S/C19H26O2/c1-13-10-18(5)15-9-7-6-8-14(15)11-19(13,18)12-21-16(20)17(2,3)4/h6-9,13H,10-12H2,1-5H3/t13-,18-,19+/m1/s1. The van der Waals surface area contributed by atoms with E-state index in [9.17, 15) is 4.79 Å². The van der Waals surface area contributed by atoms with E-state index in [2.05, 4.69) is 38.1 Å². The highest BCUT2D eigenvalue weighted by Gasteiger charge is 2.65. The summed E-state index contributed by atoms with van der Waals surface area (Å²) in [6, 6.07) is 8.74. The Bertz CT molecular complexity index is 583. The Hall–Kier alpha value is -1.31. The first-order valence-electron chi connectivity index (χ1n) is 7.96. The molecule has 21 heavy (non-hydrogen) atoms. The summed E-state index contributed by atoms with van der Waals surface area (Å²) in [5, 5.41) is 0. The van der Waals surface area contributed by atoms with Crippen LogP contribution >= 0.6 is 0 Å². The van der Waals surface area contributed by atoms with Crippen LogP contribution in [0.3, 0.4) is 0 Å². The van der Waals surface area contributed by atoms with Crippen LogP contribution in [0.2, 0.25) is 0 Å². The lowest BCUT2D eigenvalue weighted by molar-refractivity contribution is -0.168. The van der Waals surface area contributed by atoms with Crippen molar-refractivity contribution in [1.29, 1.82) is 0 Å². The van der Waals surface area contributed by atoms with Crippen molar-refractivity contribution >= 4 is 5.97 Å². The summed E-state index contributed by atoms with van der Waals surface area (Å²) in [5.41, 5.74) is 2.75. The van der Waals surface area contributed by atoms with E-state index in [1.165, 1.54) is 17.5 Å². The largest absolute Gasteiger partial charge is 0.465 e. The van der Waals surface area contributed by atoms with Crippen LogP contribution in [0.5, 0.6) is 0 Å². The average Bonchev–Trinajstić information content (AvgIpc) is 2.61. The van der Waals surface area contributed by atoms with Crippen LogP contribution in [0.1, 0.15) is 52.2 Å². The van der Waals surface area contributed by atoms with Crippen molar-refractivity contribution in [1.82, 2.24) is 0 Å². The molecule has 0 bridgehead atoms. The fourth-order valence-electron chi connectivity index (χ4n) is 4.49. The van der Waals surface area contributed by atoms with Crippen LogP contribution in [0.15, 0.2) is 24.3 Å². The Kier molecular flexibility index (Phi) is 3.02. The molecule has 2 aliphatic carbocycles. The summed E-state index contributed by atoms with van der Waals surface area (Å²) in [6.45, 7) is 11.0. The predicted molar refractivity (Wildman–Crippen MR) is 84.1 cm³/mol. The Morgan fingerprint density at radius 3 is 2.62 bits per heavy atom. The zero-order valence-electron chi connectivity index (χ0n) is 13.8. The molecular formula is C19H26O2. The molecule has 114 valence electrons. The molecule has 2 nitrogen and oxygen atoms in total. The number of rotatable bonds is 2. The minimum atomic E-state index is -0.425. The molecule has 1 fully saturated rings. The van der Waals surface area contributed by atoms with Crippen LogP contribution in [0.4, 0.5) is 0 Å². The molecule has 2 heteroatoms. The van der Waals surface area contributed by atoms with E-state index in [0.717, 1.165) is 6.42 Å². The van der Waals surface area contributed by atoms with E-state index in [1.54, 1.807) is 0 Å². The molecule has 3 rings (SSSR count). The molecule has 0 radical (unpaired) electrons. The number of carbonyl (C=O) groups excluding carboxylic acids is 1. The maximum atomic E-state index is 12.2. The molecule has 0 spiro atoms. The lowest BCUT2D eigenvalue weighted by atomic mass is 9.45. The second-order valence-corrected chi connectivity index (χ2v) is 8.25. The summed E-state index contributed by atoms with van der Waals surface area (Å²) in [4.78, 5) is 12.2. The Labute approximate surface area is 127 Å². The van der Waals surface area contributed by atoms with Crippen LogP contribution < -0.4 is 0 Å². The van der Waals surface area contributed by atoms with Crippen LogP contribution in [-0.4, -0.2) is 12.6 Å². The maximum Gasteiger partial charge on any atom is 0.311 e. The molecule has 0 N–H and O–H groups in total. The molecular weight excluding hydrogens is 260 g/mol. The van der Waals surface area contributed by atoms with Crippen molar-refractivity contribution in [3.8, 4) is 0 Å². The van der Waals surface area contributed by atoms with Gasteiger partial charge in [-0.05, 0) is 50.7 Å². The van der Waals surface area contributed by atoms with E-state index in [4.69, 9.17) is 4.74 Å². The first kappa shape index (κ1) is 14.6. The fourth-order valence-corrected chi connectivity index (χ4v) is 4.49. The first-order chi connectivity index (χ1) is 9.71. The van der Waals surface area contributed by atoms with Gasteiger partial charge in [0, 0.05) is 10.8 Å². The van der Waals surface area contributed by atoms with Gasteiger partial charge in [-0.25, -0.2) is 0 Å². The van der Waals surface area contributed by atoms with Gasteiger partial charge >= 0.3 is 5.97 Å². The van der Waals surface area contributed by atoms with Gasteiger partial charge in [-0.1, -0.05) is 38.1 Å². The molecule has 0 amide bonds. The normalized spacial score (nSPS) is 33.9. The van der Waals surface area contributed by atoms with Gasteiger partial charge in [-0.3, -0.25) is 4.79 Å². The van der Waals surface area contributed by atoms with Gasteiger partial charge in [0.05, 0.1) is 12.0 Å². The summed E-state index contributed by atoms with van der Waals surface area (Å²) >= 11 is 0. The van der Waals surface area contributed by atoms with Gasteiger partial charge in [0.25, 0.3) is 0 Å². The molecule has 1 saturated carbocycles. The molecule has 0 aromatic heterocycles. The minimum absolute atomic E-state index is 0.0886. The van der Waals surface area contributed by atoms with Gasteiger partial charge in [0.15, 0.2) is 0 Å². The van der Waals surface area contributed by atoms with Gasteiger partial charge in [-0.15, -0.1) is 0 Å².